The summed E-state index contributed by atoms with van der Waals surface area (Å²) in [5.74, 6) is 0.829. The highest BCUT2D eigenvalue weighted by Crippen LogP contribution is 2.44. The average Bonchev–Trinajstić information content (AvgIpc) is 3.84. The molecule has 0 fully saturated rings. The molecule has 1 aliphatic heterocycles. The highest BCUT2D eigenvalue weighted by atomic mass is 16.3. The first kappa shape index (κ1) is 32.9. The second-order valence-electron chi connectivity index (χ2n) is 15.6. The minimum absolute atomic E-state index is 0.0985. The minimum Gasteiger partial charge on any atom is -0.455 e. The fourth-order valence-corrected chi connectivity index (χ4v) is 9.65. The van der Waals surface area contributed by atoms with Crippen molar-refractivity contribution in [3.8, 4) is 5.69 Å². The summed E-state index contributed by atoms with van der Waals surface area (Å²) in [4.78, 5) is 11.1. The molecule has 0 saturated heterocycles. The first-order valence-corrected chi connectivity index (χ1v) is 20.2. The van der Waals surface area contributed by atoms with Gasteiger partial charge in [-0.25, -0.2) is 4.99 Å². The lowest BCUT2D eigenvalue weighted by atomic mass is 9.83. The summed E-state index contributed by atoms with van der Waals surface area (Å²) in [6, 6.07) is 65.4. The van der Waals surface area contributed by atoms with Gasteiger partial charge in [-0.2, -0.15) is 0 Å². The molecular formula is C54H37N3O. The summed E-state index contributed by atoms with van der Waals surface area (Å²) in [7, 11) is 0. The Morgan fingerprint density at radius 1 is 0.517 bits per heavy atom. The molecule has 0 bridgehead atoms. The van der Waals surface area contributed by atoms with E-state index in [1.54, 1.807) is 0 Å². The summed E-state index contributed by atoms with van der Waals surface area (Å²) >= 11 is 0. The van der Waals surface area contributed by atoms with E-state index in [-0.39, 0.29) is 12.0 Å². The molecule has 0 N–H and O–H groups in total. The highest BCUT2D eigenvalue weighted by Gasteiger charge is 2.32. The molecule has 1 aliphatic rings. The molecule has 2 unspecified atom stereocenters. The van der Waals surface area contributed by atoms with Crippen molar-refractivity contribution in [1.82, 2.24) is 4.57 Å². The van der Waals surface area contributed by atoms with E-state index in [0.717, 1.165) is 72.7 Å². The van der Waals surface area contributed by atoms with E-state index >= 15 is 0 Å². The van der Waals surface area contributed by atoms with Crippen molar-refractivity contribution in [2.45, 2.75) is 19.4 Å². The van der Waals surface area contributed by atoms with Crippen LogP contribution in [0.4, 0.5) is 0 Å². The van der Waals surface area contributed by atoms with Gasteiger partial charge in [0.05, 0.1) is 33.9 Å². The Kier molecular flexibility index (Phi) is 7.30. The summed E-state index contributed by atoms with van der Waals surface area (Å²) < 4.78 is 9.52. The third-order valence-corrected chi connectivity index (χ3v) is 12.3. The normalized spacial score (nSPS) is 15.9. The van der Waals surface area contributed by atoms with Crippen LogP contribution in [0.3, 0.4) is 0 Å². The van der Waals surface area contributed by atoms with Gasteiger partial charge in [-0.1, -0.05) is 153 Å². The van der Waals surface area contributed by atoms with Crippen LogP contribution in [0.2, 0.25) is 0 Å². The Bertz CT molecular complexity index is 3500. The van der Waals surface area contributed by atoms with Crippen molar-refractivity contribution in [3.05, 3.63) is 199 Å². The third kappa shape index (κ3) is 4.94. The van der Waals surface area contributed by atoms with Crippen LogP contribution >= 0.6 is 0 Å². The zero-order valence-electron chi connectivity index (χ0n) is 31.9. The monoisotopic (exact) mass is 743 g/mol. The minimum atomic E-state index is -0.0985. The molecule has 0 radical (unpaired) electrons. The molecule has 0 amide bonds. The second-order valence-corrected chi connectivity index (χ2v) is 15.6. The van der Waals surface area contributed by atoms with Gasteiger partial charge in [0.15, 0.2) is 5.84 Å². The Morgan fingerprint density at radius 2 is 1.17 bits per heavy atom. The molecule has 9 aromatic carbocycles. The Hall–Kier alpha value is -7.30. The van der Waals surface area contributed by atoms with Gasteiger partial charge in [0.2, 0.25) is 0 Å². The highest BCUT2D eigenvalue weighted by molar-refractivity contribution is 6.26. The van der Waals surface area contributed by atoms with Crippen molar-refractivity contribution < 1.29 is 4.42 Å². The van der Waals surface area contributed by atoms with Crippen molar-refractivity contribution in [3.63, 3.8) is 0 Å². The Morgan fingerprint density at radius 3 is 1.95 bits per heavy atom. The molecule has 12 rings (SSSR count). The maximum atomic E-state index is 7.05. The van der Waals surface area contributed by atoms with Crippen LogP contribution in [0, 0.1) is 5.92 Å². The molecule has 274 valence electrons. The molecular weight excluding hydrogens is 707 g/mol. The van der Waals surface area contributed by atoms with E-state index < -0.39 is 0 Å². The number of amidine groups is 1. The molecule has 4 nitrogen and oxygen atoms in total. The van der Waals surface area contributed by atoms with Crippen LogP contribution in [0.5, 0.6) is 0 Å². The maximum absolute atomic E-state index is 7.05. The van der Waals surface area contributed by atoms with Crippen LogP contribution in [0.1, 0.15) is 36.1 Å². The number of rotatable bonds is 5. The fourth-order valence-electron chi connectivity index (χ4n) is 9.65. The maximum Gasteiger partial charge on any atom is 0.155 e. The predicted molar refractivity (Wildman–Crippen MR) is 243 cm³/mol. The van der Waals surface area contributed by atoms with Crippen LogP contribution in [-0.4, -0.2) is 16.1 Å². The molecule has 0 spiro atoms. The average molecular weight is 744 g/mol. The molecule has 11 aromatic rings. The quantitative estimate of drug-likeness (QED) is 0.173. The first-order valence-electron chi connectivity index (χ1n) is 20.2. The van der Waals surface area contributed by atoms with Crippen LogP contribution in [0.25, 0.3) is 81.7 Å². The van der Waals surface area contributed by atoms with Crippen molar-refractivity contribution in [1.29, 1.82) is 0 Å². The third-order valence-electron chi connectivity index (χ3n) is 12.3. The van der Waals surface area contributed by atoms with Gasteiger partial charge < -0.3 is 8.98 Å². The van der Waals surface area contributed by atoms with E-state index in [2.05, 4.69) is 193 Å². The zero-order valence-corrected chi connectivity index (χ0v) is 31.9. The van der Waals surface area contributed by atoms with Crippen molar-refractivity contribution >= 4 is 87.6 Å². The molecule has 2 atom stereocenters. The van der Waals surface area contributed by atoms with Gasteiger partial charge in [0, 0.05) is 33.0 Å². The lowest BCUT2D eigenvalue weighted by molar-refractivity contribution is 0.532. The van der Waals surface area contributed by atoms with E-state index in [1.807, 2.05) is 0 Å². The number of nitrogens with zero attached hydrogens (tertiary/aromatic N) is 3. The smallest absolute Gasteiger partial charge is 0.155 e. The van der Waals surface area contributed by atoms with Crippen molar-refractivity contribution in [2.75, 3.05) is 0 Å². The zero-order chi connectivity index (χ0) is 38.3. The standard InChI is InChI=1S/C54H37N3O/c1-2-40-51(35-17-5-3-6-18-35)55-54(56-52(40)36-19-7-4-8-20-36)39-31-47(50-43-27-25-34-16-12-14-24-42(34)53(43)58-48(50)32-39)57-45-28-26-33-15-11-13-23-41(33)49(45)44-29-37-21-9-10-22-38(37)30-46(44)57/h3-32,40,51H,2H2,1H3. The number of furan rings is 1. The molecule has 4 heteroatoms. The number of benzene rings is 9. The fraction of sp³-hybridized carbons (Fsp3) is 0.0741. The first-order chi connectivity index (χ1) is 28.7. The number of hydrogen-bond donors (Lipinski definition) is 0. The summed E-state index contributed by atoms with van der Waals surface area (Å²) in [5, 5.41) is 11.7. The predicted octanol–water partition coefficient (Wildman–Crippen LogP) is 14.2. The lowest BCUT2D eigenvalue weighted by Gasteiger charge is -2.30. The number of aliphatic imine (C=N–C) groups is 2. The molecule has 2 aromatic heterocycles. The SMILES string of the molecule is CCC1C(c2ccccc2)=NC(c2cc(-n3c4cc5ccccc5cc4c4c5ccccc5ccc43)c3c(c2)oc2c4ccccc4ccc23)=NC1c1ccccc1. The van der Waals surface area contributed by atoms with Gasteiger partial charge >= 0.3 is 0 Å². The van der Waals surface area contributed by atoms with E-state index in [1.165, 1.54) is 37.9 Å². The summed E-state index contributed by atoms with van der Waals surface area (Å²) in [5.41, 5.74) is 9.32. The molecule has 3 heterocycles. The largest absolute Gasteiger partial charge is 0.455 e. The summed E-state index contributed by atoms with van der Waals surface area (Å²) in [6.45, 7) is 2.25. The topological polar surface area (TPSA) is 42.8 Å². The van der Waals surface area contributed by atoms with Crippen LogP contribution in [-0.2, 0) is 0 Å². The van der Waals surface area contributed by atoms with E-state index in [0.29, 0.717) is 5.84 Å². The van der Waals surface area contributed by atoms with Gasteiger partial charge in [-0.05, 0) is 80.9 Å². The number of hydrogen-bond acceptors (Lipinski definition) is 3. The Balaban J connectivity index is 1.22. The molecule has 0 aliphatic carbocycles. The number of fused-ring (bicyclic) bond motifs is 11. The molecule has 0 saturated carbocycles. The van der Waals surface area contributed by atoms with Gasteiger partial charge in [0.1, 0.15) is 11.2 Å². The van der Waals surface area contributed by atoms with E-state index in [9.17, 15) is 0 Å². The lowest BCUT2D eigenvalue weighted by Crippen LogP contribution is -2.28. The van der Waals surface area contributed by atoms with E-state index in [4.69, 9.17) is 14.4 Å². The second kappa shape index (κ2) is 12.9. The van der Waals surface area contributed by atoms with Gasteiger partial charge in [0.25, 0.3) is 0 Å². The van der Waals surface area contributed by atoms with Gasteiger partial charge in [-0.3, -0.25) is 4.99 Å². The van der Waals surface area contributed by atoms with Crippen LogP contribution in [0.15, 0.2) is 196 Å². The van der Waals surface area contributed by atoms with Crippen molar-refractivity contribution in [2.24, 2.45) is 15.9 Å². The van der Waals surface area contributed by atoms with Gasteiger partial charge in [-0.15, -0.1) is 0 Å². The van der Waals surface area contributed by atoms with Crippen LogP contribution < -0.4 is 0 Å². The number of aromatic nitrogens is 1. The molecule has 58 heavy (non-hydrogen) atoms. The Labute approximate surface area is 335 Å². The summed E-state index contributed by atoms with van der Waals surface area (Å²) in [6.07, 6.45) is 0.911.